The quantitative estimate of drug-likeness (QED) is 0.266. The molecule has 0 unspecified atom stereocenters. The first-order valence-electron chi connectivity index (χ1n) is 21.6. The molecule has 64 heavy (non-hydrogen) atoms. The lowest BCUT2D eigenvalue weighted by Crippen LogP contribution is -2.48. The van der Waals surface area contributed by atoms with Crippen LogP contribution < -0.4 is 15.4 Å². The van der Waals surface area contributed by atoms with E-state index in [1.165, 1.54) is 46.3 Å². The van der Waals surface area contributed by atoms with Crippen molar-refractivity contribution in [2.24, 2.45) is 23.7 Å². The molecular weight excluding hydrogens is 827 g/mol. The van der Waals surface area contributed by atoms with Crippen LogP contribution in [0.15, 0.2) is 77.9 Å². The standard InChI is InChI=1S/C48H59N3O13/c1-25-13-12-14-26(2)46(58)50-36-37(51-20-23-61-24-21-51)42(56)33-34(41(36)55)40(54)30(6)44-35(33)45(57)48(7,64-44)62-22-18-32(60-8)27(3)43(29(5)39(53)28(4)38(25)52)63-47(59)49-19-17-31-15-10-9-11-16-31/h9-16,18,22,25,27-29,32,38-39,43,52-54H,17,19-21,23-24H2,1-8H3,(H,49,59)(H,50,58)/t25-,27+,28+,29+,32-,38-,39+,43+,48-/m0/s1. The molecule has 344 valence electrons. The smallest absolute Gasteiger partial charge is 0.407 e. The molecule has 0 aromatic heterocycles. The fourth-order valence-electron chi connectivity index (χ4n) is 8.69. The van der Waals surface area contributed by atoms with Crippen LogP contribution in [0.4, 0.5) is 4.79 Å². The van der Waals surface area contributed by atoms with Gasteiger partial charge in [-0.2, -0.15) is 0 Å². The second kappa shape index (κ2) is 19.9. The highest BCUT2D eigenvalue weighted by Gasteiger charge is 2.53. The summed E-state index contributed by atoms with van der Waals surface area (Å²) < 4.78 is 29.5. The highest BCUT2D eigenvalue weighted by Crippen LogP contribution is 2.49. The van der Waals surface area contributed by atoms with E-state index in [4.69, 9.17) is 23.7 Å². The number of hydrogen-bond acceptors (Lipinski definition) is 14. The summed E-state index contributed by atoms with van der Waals surface area (Å²) in [5.74, 6) is -8.77. The summed E-state index contributed by atoms with van der Waals surface area (Å²) in [5.41, 5.74) is -0.495. The third-order valence-electron chi connectivity index (χ3n) is 12.7. The van der Waals surface area contributed by atoms with Crippen molar-refractivity contribution in [3.05, 3.63) is 106 Å². The van der Waals surface area contributed by atoms with Gasteiger partial charge in [-0.25, -0.2) is 4.79 Å². The van der Waals surface area contributed by atoms with Gasteiger partial charge in [0.2, 0.25) is 11.6 Å². The number of phenols is 1. The summed E-state index contributed by atoms with van der Waals surface area (Å²) >= 11 is 0. The van der Waals surface area contributed by atoms with Crippen molar-refractivity contribution in [3.8, 4) is 11.5 Å². The number of methoxy groups -OCH3 is 1. The number of amides is 2. The van der Waals surface area contributed by atoms with Crippen LogP contribution in [0.25, 0.3) is 0 Å². The van der Waals surface area contributed by atoms with Crippen molar-refractivity contribution in [1.82, 2.24) is 15.5 Å². The number of aromatic hydroxyl groups is 1. The molecule has 4 aliphatic heterocycles. The maximum Gasteiger partial charge on any atom is 0.407 e. The molecule has 16 heteroatoms. The van der Waals surface area contributed by atoms with E-state index in [9.17, 15) is 39.3 Å². The van der Waals surface area contributed by atoms with E-state index in [0.717, 1.165) is 5.56 Å². The maximum absolute atomic E-state index is 14.8. The number of morpholine rings is 1. The van der Waals surface area contributed by atoms with Gasteiger partial charge in [0.05, 0.1) is 54.5 Å². The predicted molar refractivity (Wildman–Crippen MR) is 233 cm³/mol. The molecule has 9 atom stereocenters. The molecule has 0 saturated carbocycles. The number of ether oxygens (including phenoxy) is 5. The Balaban J connectivity index is 1.41. The van der Waals surface area contributed by atoms with Gasteiger partial charge in [-0.05, 0) is 31.9 Å². The number of aliphatic hydroxyl groups excluding tert-OH is 2. The second-order valence-electron chi connectivity index (χ2n) is 17.1. The van der Waals surface area contributed by atoms with Crippen molar-refractivity contribution in [1.29, 1.82) is 0 Å². The monoisotopic (exact) mass is 885 g/mol. The van der Waals surface area contributed by atoms with E-state index in [1.54, 1.807) is 44.7 Å². The Kier molecular flexibility index (Phi) is 14.8. The number of nitrogens with zero attached hydrogens (tertiary/aromatic N) is 1. The Morgan fingerprint density at radius 3 is 2.28 bits per heavy atom. The molecule has 16 nitrogen and oxygen atoms in total. The van der Waals surface area contributed by atoms with Crippen LogP contribution in [-0.4, -0.2) is 120 Å². The lowest BCUT2D eigenvalue weighted by atomic mass is 9.78. The summed E-state index contributed by atoms with van der Waals surface area (Å²) in [4.78, 5) is 72.5. The molecular formula is C48H59N3O13. The number of carbonyl (C=O) groups excluding carboxylic acids is 5. The number of alkyl carbamates (subject to hydrolysis) is 1. The molecule has 1 fully saturated rings. The molecule has 0 spiro atoms. The van der Waals surface area contributed by atoms with Crippen LogP contribution in [0.2, 0.25) is 0 Å². The number of carbonyl (C=O) groups is 5. The van der Waals surface area contributed by atoms with Crippen LogP contribution in [0.1, 0.15) is 83.7 Å². The van der Waals surface area contributed by atoms with Gasteiger partial charge in [0.25, 0.3) is 11.7 Å². The minimum Gasteiger partial charge on any atom is -0.507 e. The molecule has 2 amide bonds. The number of Topliss-reactive ketones (excluding diaryl/α,β-unsaturated/α-hetero) is 3. The fraction of sp³-hybridized carbons (Fsp3) is 0.479. The Hall–Kier alpha value is -5.81. The predicted octanol–water partition coefficient (Wildman–Crippen LogP) is 4.70. The van der Waals surface area contributed by atoms with E-state index in [1.807, 2.05) is 30.3 Å². The Labute approximate surface area is 372 Å². The molecule has 2 aromatic rings. The largest absolute Gasteiger partial charge is 0.507 e. The first kappa shape index (κ1) is 47.7. The van der Waals surface area contributed by atoms with Crippen molar-refractivity contribution in [2.75, 3.05) is 40.0 Å². The van der Waals surface area contributed by atoms with Gasteiger partial charge in [0.15, 0.2) is 0 Å². The van der Waals surface area contributed by atoms with E-state index >= 15 is 0 Å². The molecule has 4 heterocycles. The number of aliphatic hydroxyl groups is 2. The number of ketones is 3. The molecule has 0 radical (unpaired) electrons. The molecule has 1 saturated heterocycles. The number of rotatable bonds is 6. The number of nitrogens with one attached hydrogen (secondary N) is 2. The van der Waals surface area contributed by atoms with Crippen LogP contribution in [-0.2, 0) is 30.2 Å². The zero-order chi connectivity index (χ0) is 46.6. The second-order valence-corrected chi connectivity index (χ2v) is 17.1. The lowest BCUT2D eigenvalue weighted by Gasteiger charge is -2.38. The fourth-order valence-corrected chi connectivity index (χ4v) is 8.69. The van der Waals surface area contributed by atoms with Crippen LogP contribution >= 0.6 is 0 Å². The summed E-state index contributed by atoms with van der Waals surface area (Å²) in [5, 5.41) is 40.3. The lowest BCUT2D eigenvalue weighted by molar-refractivity contribution is -0.116. The summed E-state index contributed by atoms with van der Waals surface area (Å²) in [7, 11) is 1.43. The number of hydrogen-bond donors (Lipinski definition) is 5. The van der Waals surface area contributed by atoms with Crippen LogP contribution in [0.3, 0.4) is 0 Å². The highest BCUT2D eigenvalue weighted by atomic mass is 16.7. The summed E-state index contributed by atoms with van der Waals surface area (Å²) in [6.45, 7) is 12.3. The first-order chi connectivity index (χ1) is 30.4. The molecule has 5 N–H and O–H groups in total. The van der Waals surface area contributed by atoms with Gasteiger partial charge >= 0.3 is 11.9 Å². The van der Waals surface area contributed by atoms with E-state index in [0.29, 0.717) is 6.42 Å². The van der Waals surface area contributed by atoms with Gasteiger partial charge < -0.3 is 54.5 Å². The van der Waals surface area contributed by atoms with Crippen molar-refractivity contribution in [3.63, 3.8) is 0 Å². The average Bonchev–Trinajstić information content (AvgIpc) is 3.55. The van der Waals surface area contributed by atoms with E-state index in [2.05, 4.69) is 10.6 Å². The normalized spacial score (nSPS) is 29.2. The Bertz CT molecular complexity index is 2260. The minimum atomic E-state index is -2.10. The van der Waals surface area contributed by atoms with Crippen molar-refractivity contribution >= 4 is 29.4 Å². The molecule has 2 aromatic carbocycles. The maximum atomic E-state index is 14.8. The number of fused-ring (bicyclic) bond motifs is 14. The number of allylic oxidation sites excluding steroid dienone is 4. The van der Waals surface area contributed by atoms with Gasteiger partial charge in [0.1, 0.15) is 29.0 Å². The molecule has 7 rings (SSSR count). The third kappa shape index (κ3) is 9.50. The van der Waals surface area contributed by atoms with E-state index in [-0.39, 0.29) is 72.3 Å². The van der Waals surface area contributed by atoms with Gasteiger partial charge in [0, 0.05) is 68.5 Å². The van der Waals surface area contributed by atoms with Gasteiger partial charge in [-0.15, -0.1) is 0 Å². The van der Waals surface area contributed by atoms with Crippen LogP contribution in [0.5, 0.6) is 11.5 Å². The minimum absolute atomic E-state index is 0.00436. The topological polar surface area (TPSA) is 219 Å². The van der Waals surface area contributed by atoms with Gasteiger partial charge in [-0.3, -0.25) is 19.2 Å². The van der Waals surface area contributed by atoms with Crippen molar-refractivity contribution < 1.29 is 63.0 Å². The Morgan fingerprint density at radius 2 is 1.61 bits per heavy atom. The molecule has 5 bridgehead atoms. The van der Waals surface area contributed by atoms with Gasteiger partial charge in [-0.1, -0.05) is 76.3 Å². The van der Waals surface area contributed by atoms with Crippen LogP contribution in [0, 0.1) is 30.6 Å². The van der Waals surface area contributed by atoms with E-state index < -0.39 is 94.5 Å². The Morgan fingerprint density at radius 1 is 0.922 bits per heavy atom. The zero-order valence-corrected chi connectivity index (χ0v) is 37.5. The molecule has 1 aliphatic carbocycles. The zero-order valence-electron chi connectivity index (χ0n) is 37.5. The highest BCUT2D eigenvalue weighted by molar-refractivity contribution is 6.32. The number of phenolic OH excluding ortho intramolecular Hbond substituents is 1. The number of benzene rings is 2. The SMILES string of the molecule is CO[C@H]1C=CO[C@@]2(C)Oc3c(C)c(O)c4c(c3C2=O)C(=O)C(N2CCOCC2)=C(NC(=O)C(C)=CC=C[C@H](C)[C@H](O)[C@@H](C)[C@@H](O)[C@@H](C)[C@H](OC(=O)NCCc2ccccc2)[C@@H]1C)C4=O. The third-order valence-corrected chi connectivity index (χ3v) is 12.7. The summed E-state index contributed by atoms with van der Waals surface area (Å²) in [6.07, 6.45) is 3.05. The molecule has 5 aliphatic rings. The first-order valence-corrected chi connectivity index (χ1v) is 21.6. The average molecular weight is 886 g/mol. The summed E-state index contributed by atoms with van der Waals surface area (Å²) in [6, 6.07) is 9.60. The van der Waals surface area contributed by atoms with Crippen molar-refractivity contribution in [2.45, 2.75) is 85.1 Å².